The Labute approximate surface area is 196 Å². The minimum Gasteiger partial charge on any atom is -0.452 e. The smallest absolute Gasteiger partial charge is 0.346 e. The molecule has 10 heteroatoms. The maximum absolute atomic E-state index is 13.6. The van der Waals surface area contributed by atoms with E-state index < -0.39 is 35.5 Å². The van der Waals surface area contributed by atoms with Crippen LogP contribution in [0.4, 0.5) is 0 Å². The van der Waals surface area contributed by atoms with Gasteiger partial charge in [-0.15, -0.1) is 0 Å². The molecule has 0 bridgehead atoms. The van der Waals surface area contributed by atoms with Crippen molar-refractivity contribution in [1.29, 1.82) is 0 Å². The first-order valence-electron chi connectivity index (χ1n) is 11.3. The van der Waals surface area contributed by atoms with Crippen LogP contribution in [0.15, 0.2) is 65.7 Å². The highest BCUT2D eigenvalue weighted by Crippen LogP contribution is 2.43. The number of carbonyl (C=O) groups excluding carboxylic acids is 1. The molecule has 5 rings (SSSR count). The zero-order valence-electron chi connectivity index (χ0n) is 18.8. The second kappa shape index (κ2) is 8.00. The van der Waals surface area contributed by atoms with Crippen molar-refractivity contribution in [3.63, 3.8) is 0 Å². The first-order chi connectivity index (χ1) is 16.3. The number of guanidine groups is 2. The molecule has 0 aromatic heterocycles. The first-order valence-corrected chi connectivity index (χ1v) is 11.3. The van der Waals surface area contributed by atoms with Gasteiger partial charge in [0.05, 0.1) is 0 Å². The van der Waals surface area contributed by atoms with E-state index in [2.05, 4.69) is 15.6 Å². The summed E-state index contributed by atoms with van der Waals surface area (Å²) in [6.45, 7) is 1.88. The molecule has 2 aromatic rings. The lowest BCUT2D eigenvalue weighted by atomic mass is 9.85. The Balaban J connectivity index is 1.51. The minimum absolute atomic E-state index is 0.0589. The van der Waals surface area contributed by atoms with Crippen LogP contribution in [0.3, 0.4) is 0 Å². The molecule has 3 heterocycles. The molecule has 2 aromatic carbocycles. The van der Waals surface area contributed by atoms with Gasteiger partial charge < -0.3 is 26.0 Å². The lowest BCUT2D eigenvalue weighted by molar-refractivity contribution is -0.623. The third-order valence-electron chi connectivity index (χ3n) is 7.01. The number of aliphatic hydroxyl groups is 2. The topological polar surface area (TPSA) is 158 Å². The zero-order valence-corrected chi connectivity index (χ0v) is 18.8. The van der Waals surface area contributed by atoms with Crippen LogP contribution in [0.5, 0.6) is 0 Å². The largest absolute Gasteiger partial charge is 0.452 e. The van der Waals surface area contributed by atoms with E-state index >= 15 is 0 Å². The summed E-state index contributed by atoms with van der Waals surface area (Å²) in [6, 6.07) is 17.5. The number of benzene rings is 2. The van der Waals surface area contributed by atoms with E-state index in [0.29, 0.717) is 6.42 Å². The fourth-order valence-corrected chi connectivity index (χ4v) is 5.39. The molecule has 178 valence electrons. The van der Waals surface area contributed by atoms with Crippen molar-refractivity contribution in [2.75, 3.05) is 6.54 Å². The number of hydrogen-bond donors (Lipinski definition) is 6. The van der Waals surface area contributed by atoms with Crippen LogP contribution < -0.4 is 22.1 Å². The molecular formula is C24H29N6O4+. The molecule has 1 fully saturated rings. The Hall–Kier alpha value is -3.63. The van der Waals surface area contributed by atoms with E-state index in [0.717, 1.165) is 11.1 Å². The average molecular weight is 466 g/mol. The molecule has 1 saturated heterocycles. The van der Waals surface area contributed by atoms with Crippen LogP contribution in [-0.2, 0) is 9.53 Å². The molecule has 1 spiro atoms. The fourth-order valence-electron chi connectivity index (χ4n) is 5.39. The Bertz CT molecular complexity index is 1110. The lowest BCUT2D eigenvalue weighted by Gasteiger charge is -2.43. The van der Waals surface area contributed by atoms with Crippen molar-refractivity contribution in [3.05, 3.63) is 71.8 Å². The Morgan fingerprint density at radius 3 is 2.29 bits per heavy atom. The van der Waals surface area contributed by atoms with E-state index in [1.54, 1.807) is 4.58 Å². The zero-order chi connectivity index (χ0) is 24.1. The molecule has 8 N–H and O–H groups in total. The highest BCUT2D eigenvalue weighted by Gasteiger charge is 2.75. The van der Waals surface area contributed by atoms with Gasteiger partial charge in [-0.1, -0.05) is 67.6 Å². The van der Waals surface area contributed by atoms with Crippen LogP contribution >= 0.6 is 0 Å². The standard InChI is InChI=1S/C24H28N6O4/c1-2-16-19-23(29-21(25)28-19)24(32,33)17(13-30(23)22(26)27-16)34-20(31)18(14-9-5-3-6-10-14)15-11-7-4-8-12-15/h3-12,16-19,32-33H,2,13H2,1H3,(H5,25,26,27,28,29)/p+1/t16-,17-,19-,23-/m0/s1. The van der Waals surface area contributed by atoms with E-state index in [1.807, 2.05) is 67.6 Å². The normalized spacial score (nSPS) is 29.1. The van der Waals surface area contributed by atoms with Crippen molar-refractivity contribution in [1.82, 2.24) is 10.6 Å². The van der Waals surface area contributed by atoms with Gasteiger partial charge in [-0.05, 0) is 17.5 Å². The summed E-state index contributed by atoms with van der Waals surface area (Å²) in [6.07, 6.45) is -0.702. The third kappa shape index (κ3) is 3.13. The van der Waals surface area contributed by atoms with Crippen LogP contribution in [0.1, 0.15) is 30.4 Å². The van der Waals surface area contributed by atoms with Gasteiger partial charge in [-0.3, -0.25) is 15.8 Å². The maximum atomic E-state index is 13.6. The Morgan fingerprint density at radius 2 is 1.74 bits per heavy atom. The summed E-state index contributed by atoms with van der Waals surface area (Å²) >= 11 is 0. The van der Waals surface area contributed by atoms with E-state index in [4.69, 9.17) is 16.2 Å². The monoisotopic (exact) mass is 465 g/mol. The number of carbonyl (C=O) groups is 1. The quantitative estimate of drug-likeness (QED) is 0.189. The summed E-state index contributed by atoms with van der Waals surface area (Å²) in [5, 5.41) is 29.1. The predicted molar refractivity (Wildman–Crippen MR) is 125 cm³/mol. The Kier molecular flexibility index (Phi) is 5.22. The van der Waals surface area contributed by atoms with Gasteiger partial charge in [-0.25, -0.2) is 9.57 Å². The van der Waals surface area contributed by atoms with Gasteiger partial charge in [0.2, 0.25) is 5.66 Å². The molecule has 3 aliphatic heterocycles. The van der Waals surface area contributed by atoms with Gasteiger partial charge in [-0.2, -0.15) is 0 Å². The molecule has 4 atom stereocenters. The van der Waals surface area contributed by atoms with Gasteiger partial charge in [0.15, 0.2) is 12.1 Å². The van der Waals surface area contributed by atoms with Gasteiger partial charge in [0, 0.05) is 0 Å². The fraction of sp³-hybridized carbons (Fsp3) is 0.375. The summed E-state index contributed by atoms with van der Waals surface area (Å²) in [7, 11) is 0. The molecule has 10 nitrogen and oxygen atoms in total. The molecule has 0 saturated carbocycles. The molecule has 0 aliphatic carbocycles. The minimum atomic E-state index is -2.53. The number of nitrogens with zero attached hydrogens (tertiary/aromatic N) is 2. The first kappa shape index (κ1) is 22.2. The Morgan fingerprint density at radius 1 is 1.15 bits per heavy atom. The number of esters is 1. The summed E-state index contributed by atoms with van der Waals surface area (Å²) < 4.78 is 7.38. The van der Waals surface area contributed by atoms with Gasteiger partial charge in [0.25, 0.3) is 5.79 Å². The second-order valence-corrected chi connectivity index (χ2v) is 8.91. The van der Waals surface area contributed by atoms with Crippen LogP contribution in [0.25, 0.3) is 0 Å². The molecular weight excluding hydrogens is 436 g/mol. The predicted octanol–water partition coefficient (Wildman–Crippen LogP) is -0.883. The number of nitrogens with two attached hydrogens (primary N) is 2. The van der Waals surface area contributed by atoms with Crippen LogP contribution in [0.2, 0.25) is 0 Å². The van der Waals surface area contributed by atoms with Crippen LogP contribution in [0, 0.1) is 0 Å². The van der Waals surface area contributed by atoms with Crippen molar-refractivity contribution < 1.29 is 24.3 Å². The summed E-state index contributed by atoms with van der Waals surface area (Å²) in [5.41, 5.74) is 12.2. The van der Waals surface area contributed by atoms with E-state index in [1.165, 1.54) is 0 Å². The summed E-state index contributed by atoms with van der Waals surface area (Å²) in [4.78, 5) is 18.0. The molecule has 34 heavy (non-hydrogen) atoms. The van der Waals surface area contributed by atoms with Gasteiger partial charge in [0.1, 0.15) is 24.5 Å². The molecule has 0 amide bonds. The summed E-state index contributed by atoms with van der Waals surface area (Å²) in [5.74, 6) is -3.58. The van der Waals surface area contributed by atoms with Gasteiger partial charge >= 0.3 is 11.9 Å². The molecule has 0 unspecified atom stereocenters. The van der Waals surface area contributed by atoms with E-state index in [-0.39, 0.29) is 24.5 Å². The molecule has 3 aliphatic rings. The lowest BCUT2D eigenvalue weighted by Crippen LogP contribution is -2.78. The maximum Gasteiger partial charge on any atom is 0.346 e. The second-order valence-electron chi connectivity index (χ2n) is 8.91. The molecule has 0 radical (unpaired) electrons. The SMILES string of the molecule is CC[C@@H]1NC(N)=[N+]2C[C@H](OC(=O)C(c3ccccc3)c3ccccc3)C(O)(O)[C@@]23NC(N)=N[C@@H]13. The third-order valence-corrected chi connectivity index (χ3v) is 7.01. The number of nitrogens with one attached hydrogen (secondary N) is 2. The van der Waals surface area contributed by atoms with Crippen molar-refractivity contribution in [2.45, 2.75) is 48.9 Å². The highest BCUT2D eigenvalue weighted by atomic mass is 16.6. The van der Waals surface area contributed by atoms with E-state index in [9.17, 15) is 15.0 Å². The van der Waals surface area contributed by atoms with Crippen molar-refractivity contribution in [3.8, 4) is 0 Å². The number of ether oxygens (including phenoxy) is 1. The number of rotatable bonds is 5. The van der Waals surface area contributed by atoms with Crippen LogP contribution in [-0.4, -0.2) is 68.9 Å². The number of hydrogen-bond acceptors (Lipinski definition) is 9. The van der Waals surface area contributed by atoms with Crippen molar-refractivity contribution >= 4 is 17.9 Å². The average Bonchev–Trinajstić information content (AvgIpc) is 3.29. The van der Waals surface area contributed by atoms with Crippen molar-refractivity contribution in [2.24, 2.45) is 16.5 Å². The highest BCUT2D eigenvalue weighted by molar-refractivity contribution is 5.84. The number of aliphatic imine (C=N–C) groups is 1.